The summed E-state index contributed by atoms with van der Waals surface area (Å²) in [4.78, 5) is 11.9. The number of anilines is 1. The summed E-state index contributed by atoms with van der Waals surface area (Å²) < 4.78 is 10.9. The number of ether oxygens (including phenoxy) is 2. The summed E-state index contributed by atoms with van der Waals surface area (Å²) in [6.07, 6.45) is 1.85. The first kappa shape index (κ1) is 15.2. The van der Waals surface area contributed by atoms with Gasteiger partial charge in [-0.3, -0.25) is 0 Å². The lowest BCUT2D eigenvalue weighted by Crippen LogP contribution is -2.29. The lowest BCUT2D eigenvalue weighted by atomic mass is 10.1. The number of carbonyl (C=O) groups excluding carboxylic acids is 1. The molecule has 1 aliphatic heterocycles. The third kappa shape index (κ3) is 4.39. The number of urea groups is 1. The van der Waals surface area contributed by atoms with E-state index in [-0.39, 0.29) is 6.03 Å². The molecule has 0 fully saturated rings. The van der Waals surface area contributed by atoms with Crippen LogP contribution >= 0.6 is 0 Å². The van der Waals surface area contributed by atoms with Gasteiger partial charge in [0.1, 0.15) is 13.2 Å². The number of amides is 2. The third-order valence-electron chi connectivity index (χ3n) is 3.57. The monoisotopic (exact) mass is 312 g/mol. The molecule has 5 heteroatoms. The quantitative estimate of drug-likeness (QED) is 0.834. The predicted molar refractivity (Wildman–Crippen MR) is 89.2 cm³/mol. The van der Waals surface area contributed by atoms with Crippen molar-refractivity contribution in [3.63, 3.8) is 0 Å². The number of hydrogen-bond acceptors (Lipinski definition) is 3. The molecule has 2 N–H and O–H groups in total. The van der Waals surface area contributed by atoms with Crippen molar-refractivity contribution in [2.24, 2.45) is 0 Å². The second-order valence-electron chi connectivity index (χ2n) is 5.33. The predicted octanol–water partition coefficient (Wildman–Crippen LogP) is 3.21. The minimum absolute atomic E-state index is 0.213. The van der Waals surface area contributed by atoms with Crippen molar-refractivity contribution in [2.45, 2.75) is 12.8 Å². The van der Waals surface area contributed by atoms with Gasteiger partial charge < -0.3 is 20.1 Å². The molecule has 0 radical (unpaired) electrons. The average Bonchev–Trinajstić information content (AvgIpc) is 2.59. The van der Waals surface area contributed by atoms with Crippen LogP contribution in [0.25, 0.3) is 0 Å². The van der Waals surface area contributed by atoms with Gasteiger partial charge in [-0.25, -0.2) is 4.79 Å². The average molecular weight is 312 g/mol. The molecule has 2 aromatic rings. The second kappa shape index (κ2) is 7.54. The van der Waals surface area contributed by atoms with Crippen molar-refractivity contribution < 1.29 is 14.3 Å². The molecular weight excluding hydrogens is 292 g/mol. The molecule has 120 valence electrons. The second-order valence-corrected chi connectivity index (χ2v) is 5.33. The van der Waals surface area contributed by atoms with Crippen LogP contribution in [-0.2, 0) is 6.42 Å². The van der Waals surface area contributed by atoms with Gasteiger partial charge in [-0.05, 0) is 30.5 Å². The molecule has 5 nitrogen and oxygen atoms in total. The molecule has 23 heavy (non-hydrogen) atoms. The van der Waals surface area contributed by atoms with Gasteiger partial charge in [-0.2, -0.15) is 0 Å². The first-order chi connectivity index (χ1) is 11.3. The van der Waals surface area contributed by atoms with E-state index in [0.717, 1.165) is 12.8 Å². The number of fused-ring (bicyclic) bond motifs is 1. The summed E-state index contributed by atoms with van der Waals surface area (Å²) in [6, 6.07) is 15.4. The number of aryl methyl sites for hydroxylation is 1. The van der Waals surface area contributed by atoms with Crippen LogP contribution in [0.1, 0.15) is 12.0 Å². The van der Waals surface area contributed by atoms with Crippen LogP contribution < -0.4 is 20.1 Å². The molecule has 0 bridgehead atoms. The fourth-order valence-corrected chi connectivity index (χ4v) is 2.44. The highest BCUT2D eigenvalue weighted by Crippen LogP contribution is 2.32. The van der Waals surface area contributed by atoms with Crippen LogP contribution in [0.4, 0.5) is 10.5 Å². The van der Waals surface area contributed by atoms with Gasteiger partial charge >= 0.3 is 6.03 Å². The van der Waals surface area contributed by atoms with E-state index in [4.69, 9.17) is 9.47 Å². The highest BCUT2D eigenvalue weighted by Gasteiger charge is 2.12. The standard InChI is InChI=1S/C18H20N2O3/c21-18(19-10-4-7-14-5-2-1-3-6-14)20-15-8-9-16-17(13-15)23-12-11-22-16/h1-3,5-6,8-9,13H,4,7,10-12H2,(H2,19,20,21). The lowest BCUT2D eigenvalue weighted by molar-refractivity contribution is 0.171. The largest absolute Gasteiger partial charge is 0.486 e. The van der Waals surface area contributed by atoms with E-state index >= 15 is 0 Å². The van der Waals surface area contributed by atoms with Crippen molar-refractivity contribution in [2.75, 3.05) is 25.1 Å². The fourth-order valence-electron chi connectivity index (χ4n) is 2.44. The molecule has 0 aromatic heterocycles. The Hall–Kier alpha value is -2.69. The summed E-state index contributed by atoms with van der Waals surface area (Å²) in [7, 11) is 0. The number of nitrogens with one attached hydrogen (secondary N) is 2. The van der Waals surface area contributed by atoms with Crippen LogP contribution in [0.15, 0.2) is 48.5 Å². The maximum absolute atomic E-state index is 11.9. The van der Waals surface area contributed by atoms with Gasteiger partial charge in [0, 0.05) is 18.3 Å². The van der Waals surface area contributed by atoms with E-state index in [1.165, 1.54) is 5.56 Å². The number of rotatable bonds is 5. The van der Waals surface area contributed by atoms with Gasteiger partial charge in [0.2, 0.25) is 0 Å². The van der Waals surface area contributed by atoms with Crippen molar-refractivity contribution in [3.8, 4) is 11.5 Å². The van der Waals surface area contributed by atoms with Gasteiger partial charge in [0.05, 0.1) is 0 Å². The van der Waals surface area contributed by atoms with Gasteiger partial charge in [-0.15, -0.1) is 0 Å². The maximum Gasteiger partial charge on any atom is 0.319 e. The highest BCUT2D eigenvalue weighted by molar-refractivity contribution is 5.89. The molecule has 0 unspecified atom stereocenters. The molecular formula is C18H20N2O3. The summed E-state index contributed by atoms with van der Waals surface area (Å²) in [5.41, 5.74) is 1.97. The Morgan fingerprint density at radius 3 is 2.61 bits per heavy atom. The maximum atomic E-state index is 11.9. The van der Waals surface area contributed by atoms with E-state index in [1.54, 1.807) is 18.2 Å². The minimum Gasteiger partial charge on any atom is -0.486 e. The van der Waals surface area contributed by atoms with E-state index < -0.39 is 0 Å². The summed E-state index contributed by atoms with van der Waals surface area (Å²) in [6.45, 7) is 1.72. The van der Waals surface area contributed by atoms with Crippen molar-refractivity contribution >= 4 is 11.7 Å². The SMILES string of the molecule is O=C(NCCCc1ccccc1)Nc1ccc2c(c1)OCCO2. The molecule has 0 spiro atoms. The van der Waals surface area contributed by atoms with E-state index in [2.05, 4.69) is 22.8 Å². The highest BCUT2D eigenvalue weighted by atomic mass is 16.6. The minimum atomic E-state index is -0.213. The number of hydrogen-bond donors (Lipinski definition) is 2. The van der Waals surface area contributed by atoms with Crippen LogP contribution in [-0.4, -0.2) is 25.8 Å². The smallest absolute Gasteiger partial charge is 0.319 e. The van der Waals surface area contributed by atoms with Crippen molar-refractivity contribution in [3.05, 3.63) is 54.1 Å². The zero-order chi connectivity index (χ0) is 15.9. The first-order valence-electron chi connectivity index (χ1n) is 7.80. The fraction of sp³-hybridized carbons (Fsp3) is 0.278. The topological polar surface area (TPSA) is 59.6 Å². The van der Waals surface area contributed by atoms with Crippen LogP contribution in [0.2, 0.25) is 0 Å². The Labute approximate surface area is 135 Å². The Bertz CT molecular complexity index is 659. The summed E-state index contributed by atoms with van der Waals surface area (Å²) in [5, 5.41) is 5.66. The number of benzene rings is 2. The zero-order valence-electron chi connectivity index (χ0n) is 12.9. The van der Waals surface area contributed by atoms with Gasteiger partial charge in [-0.1, -0.05) is 30.3 Å². The molecule has 3 rings (SSSR count). The molecule has 1 aliphatic rings. The van der Waals surface area contributed by atoms with Gasteiger partial charge in [0.25, 0.3) is 0 Å². The van der Waals surface area contributed by atoms with E-state index in [0.29, 0.717) is 36.9 Å². The normalized spacial score (nSPS) is 12.5. The zero-order valence-corrected chi connectivity index (χ0v) is 12.9. The summed E-state index contributed by atoms with van der Waals surface area (Å²) in [5.74, 6) is 1.38. The Morgan fingerprint density at radius 1 is 1.00 bits per heavy atom. The molecule has 0 atom stereocenters. The Morgan fingerprint density at radius 2 is 1.78 bits per heavy atom. The van der Waals surface area contributed by atoms with Crippen molar-refractivity contribution in [1.82, 2.24) is 5.32 Å². The molecule has 0 saturated heterocycles. The van der Waals surface area contributed by atoms with Crippen LogP contribution in [0.3, 0.4) is 0 Å². The van der Waals surface area contributed by atoms with Crippen LogP contribution in [0.5, 0.6) is 11.5 Å². The molecule has 0 saturated carbocycles. The number of carbonyl (C=O) groups is 1. The Kier molecular flexibility index (Phi) is 4.99. The van der Waals surface area contributed by atoms with E-state index in [9.17, 15) is 4.79 Å². The van der Waals surface area contributed by atoms with Gasteiger partial charge in [0.15, 0.2) is 11.5 Å². The third-order valence-corrected chi connectivity index (χ3v) is 3.57. The molecule has 2 amide bonds. The molecule has 1 heterocycles. The van der Waals surface area contributed by atoms with Crippen molar-refractivity contribution in [1.29, 1.82) is 0 Å². The van der Waals surface area contributed by atoms with E-state index in [1.807, 2.05) is 18.2 Å². The first-order valence-corrected chi connectivity index (χ1v) is 7.80. The lowest BCUT2D eigenvalue weighted by Gasteiger charge is -2.19. The summed E-state index contributed by atoms with van der Waals surface area (Å²) >= 11 is 0. The van der Waals surface area contributed by atoms with Crippen LogP contribution in [0, 0.1) is 0 Å². The Balaban J connectivity index is 1.42. The molecule has 0 aliphatic carbocycles. The molecule has 2 aromatic carbocycles.